The minimum Gasteiger partial charge on any atom is -0.368 e. The molecule has 0 aromatic carbocycles. The third kappa shape index (κ3) is 2.77. The van der Waals surface area contributed by atoms with Gasteiger partial charge in [0.25, 0.3) is 5.91 Å². The summed E-state index contributed by atoms with van der Waals surface area (Å²) in [7, 11) is 0. The second kappa shape index (κ2) is 5.79. The van der Waals surface area contributed by atoms with Crippen molar-refractivity contribution in [3.63, 3.8) is 0 Å². The number of aryl methyl sites for hydroxylation is 2. The van der Waals surface area contributed by atoms with Crippen molar-refractivity contribution >= 4 is 11.7 Å². The molecule has 1 aromatic heterocycles. The molecule has 3 rings (SSSR count). The molecular formula is C15H22N4O. The molecule has 1 saturated heterocycles. The van der Waals surface area contributed by atoms with Gasteiger partial charge < -0.3 is 16.4 Å². The quantitative estimate of drug-likeness (QED) is 0.771. The summed E-state index contributed by atoms with van der Waals surface area (Å²) in [6.45, 7) is 1.87. The highest BCUT2D eigenvalue weighted by Crippen LogP contribution is 2.24. The van der Waals surface area contributed by atoms with Gasteiger partial charge in [-0.1, -0.05) is 0 Å². The number of rotatable bonds is 4. The Bertz CT molecular complexity index is 509. The summed E-state index contributed by atoms with van der Waals surface area (Å²) < 4.78 is 0. The minimum atomic E-state index is -0.396. The van der Waals surface area contributed by atoms with Crippen molar-refractivity contribution in [2.24, 2.45) is 5.73 Å². The molecule has 0 bridgehead atoms. The van der Waals surface area contributed by atoms with Crippen LogP contribution in [0.25, 0.3) is 0 Å². The number of aromatic nitrogens is 1. The number of fused-ring (bicyclic) bond motifs is 1. The lowest BCUT2D eigenvalue weighted by Crippen LogP contribution is -2.30. The average Bonchev–Trinajstić information content (AvgIpc) is 2.97. The third-order valence-electron chi connectivity index (χ3n) is 4.24. The fraction of sp³-hybridized carbons (Fsp3) is 0.600. The first-order chi connectivity index (χ1) is 9.74. The minimum absolute atomic E-state index is 0.396. The molecule has 5 nitrogen and oxygen atoms in total. The molecule has 0 radical (unpaired) electrons. The Kier molecular flexibility index (Phi) is 3.87. The third-order valence-corrected chi connectivity index (χ3v) is 4.24. The van der Waals surface area contributed by atoms with Crippen LogP contribution in [0.4, 0.5) is 5.82 Å². The van der Waals surface area contributed by atoms with Gasteiger partial charge in [0.15, 0.2) is 0 Å². The fourth-order valence-corrected chi connectivity index (χ4v) is 3.11. The Morgan fingerprint density at radius 3 is 3.00 bits per heavy atom. The lowest BCUT2D eigenvalue weighted by atomic mass is 9.94. The van der Waals surface area contributed by atoms with Crippen LogP contribution < -0.4 is 16.4 Å². The first-order valence-corrected chi connectivity index (χ1v) is 7.54. The van der Waals surface area contributed by atoms with Crippen LogP contribution in [0.15, 0.2) is 6.07 Å². The summed E-state index contributed by atoms with van der Waals surface area (Å²) in [5, 5.41) is 6.74. The van der Waals surface area contributed by atoms with E-state index in [2.05, 4.69) is 15.6 Å². The molecule has 0 saturated carbocycles. The van der Waals surface area contributed by atoms with Crippen molar-refractivity contribution in [2.75, 3.05) is 18.4 Å². The highest BCUT2D eigenvalue weighted by Gasteiger charge is 2.19. The van der Waals surface area contributed by atoms with E-state index in [0.717, 1.165) is 31.6 Å². The van der Waals surface area contributed by atoms with Gasteiger partial charge in [-0.3, -0.25) is 4.79 Å². The molecule has 1 aromatic rings. The van der Waals surface area contributed by atoms with Crippen molar-refractivity contribution in [1.82, 2.24) is 10.3 Å². The Morgan fingerprint density at radius 1 is 1.40 bits per heavy atom. The average molecular weight is 274 g/mol. The Labute approximate surface area is 119 Å². The van der Waals surface area contributed by atoms with Crippen LogP contribution in [0.1, 0.15) is 47.3 Å². The number of nitrogens with one attached hydrogen (secondary N) is 2. The van der Waals surface area contributed by atoms with Gasteiger partial charge in [-0.05, 0) is 56.7 Å². The van der Waals surface area contributed by atoms with E-state index >= 15 is 0 Å². The van der Waals surface area contributed by atoms with E-state index < -0.39 is 5.91 Å². The van der Waals surface area contributed by atoms with Gasteiger partial charge in [0.05, 0.1) is 5.56 Å². The van der Waals surface area contributed by atoms with Crippen LogP contribution >= 0.6 is 0 Å². The zero-order chi connectivity index (χ0) is 13.9. The fourth-order valence-electron chi connectivity index (χ4n) is 3.11. The van der Waals surface area contributed by atoms with Gasteiger partial charge >= 0.3 is 0 Å². The topological polar surface area (TPSA) is 80.0 Å². The predicted octanol–water partition coefficient (Wildman–Crippen LogP) is 1.22. The number of pyridine rings is 1. The molecule has 4 N–H and O–H groups in total. The molecule has 1 unspecified atom stereocenters. The van der Waals surface area contributed by atoms with Crippen molar-refractivity contribution in [1.29, 1.82) is 0 Å². The number of nitrogens with two attached hydrogens (primary N) is 1. The number of carbonyl (C=O) groups excluding carboxylic acids is 1. The molecule has 1 amide bonds. The number of carbonyl (C=O) groups is 1. The Balaban J connectivity index is 1.81. The first kappa shape index (κ1) is 13.4. The maximum absolute atomic E-state index is 11.6. The van der Waals surface area contributed by atoms with E-state index in [1.807, 2.05) is 6.07 Å². The molecular weight excluding hydrogens is 252 g/mol. The smallest absolute Gasteiger partial charge is 0.252 e. The number of hydrogen-bond donors (Lipinski definition) is 3. The second-order valence-electron chi connectivity index (χ2n) is 5.74. The van der Waals surface area contributed by atoms with Crippen LogP contribution in [0, 0.1) is 0 Å². The van der Waals surface area contributed by atoms with Crippen LogP contribution in [-0.4, -0.2) is 30.0 Å². The Morgan fingerprint density at radius 2 is 2.25 bits per heavy atom. The number of anilines is 1. The molecule has 1 aliphatic heterocycles. The van der Waals surface area contributed by atoms with Crippen LogP contribution in [-0.2, 0) is 12.8 Å². The van der Waals surface area contributed by atoms with Crippen LogP contribution in [0.2, 0.25) is 0 Å². The molecule has 5 heteroatoms. The lowest BCUT2D eigenvalue weighted by Gasteiger charge is -2.19. The summed E-state index contributed by atoms with van der Waals surface area (Å²) in [6.07, 6.45) is 6.75. The molecule has 2 heterocycles. The molecule has 108 valence electrons. The van der Waals surface area contributed by atoms with Gasteiger partial charge in [-0.2, -0.15) is 0 Å². The molecule has 0 spiro atoms. The highest BCUT2D eigenvalue weighted by molar-refractivity contribution is 5.97. The van der Waals surface area contributed by atoms with E-state index in [9.17, 15) is 4.79 Å². The monoisotopic (exact) mass is 274 g/mol. The molecule has 20 heavy (non-hydrogen) atoms. The standard InChI is InChI=1S/C15H22N4O/c16-14(20)12-8-10-4-1-2-6-13(10)19-15(12)18-9-11-5-3-7-17-11/h8,11,17H,1-7,9H2,(H2,16,20)(H,18,19). The molecule has 2 aliphatic rings. The van der Waals surface area contributed by atoms with E-state index in [0.29, 0.717) is 17.4 Å². The number of hydrogen-bond acceptors (Lipinski definition) is 4. The largest absolute Gasteiger partial charge is 0.368 e. The SMILES string of the molecule is NC(=O)c1cc2c(nc1NCC1CCCN1)CCCC2. The van der Waals surface area contributed by atoms with Gasteiger partial charge in [0.1, 0.15) is 5.82 Å². The van der Waals surface area contributed by atoms with Gasteiger partial charge in [0.2, 0.25) is 0 Å². The van der Waals surface area contributed by atoms with Crippen molar-refractivity contribution in [2.45, 2.75) is 44.6 Å². The summed E-state index contributed by atoms with van der Waals surface area (Å²) in [5.74, 6) is 0.264. The number of nitrogens with zero attached hydrogens (tertiary/aromatic N) is 1. The molecule has 1 aliphatic carbocycles. The molecule has 1 atom stereocenters. The normalized spacial score (nSPS) is 21.5. The zero-order valence-electron chi connectivity index (χ0n) is 11.7. The van der Waals surface area contributed by atoms with E-state index in [1.165, 1.54) is 31.2 Å². The van der Waals surface area contributed by atoms with Gasteiger partial charge in [-0.25, -0.2) is 4.98 Å². The number of primary amides is 1. The summed E-state index contributed by atoms with van der Waals surface area (Å²) in [6, 6.07) is 2.40. The lowest BCUT2D eigenvalue weighted by molar-refractivity contribution is 0.100. The predicted molar refractivity (Wildman–Crippen MR) is 78.9 cm³/mol. The van der Waals surface area contributed by atoms with E-state index in [4.69, 9.17) is 5.73 Å². The maximum atomic E-state index is 11.6. The van der Waals surface area contributed by atoms with E-state index in [-0.39, 0.29) is 0 Å². The van der Waals surface area contributed by atoms with Crippen molar-refractivity contribution < 1.29 is 4.79 Å². The maximum Gasteiger partial charge on any atom is 0.252 e. The molecule has 1 fully saturated rings. The number of amides is 1. The van der Waals surface area contributed by atoms with Crippen molar-refractivity contribution in [3.05, 3.63) is 22.9 Å². The van der Waals surface area contributed by atoms with Crippen LogP contribution in [0.5, 0.6) is 0 Å². The van der Waals surface area contributed by atoms with Gasteiger partial charge in [-0.15, -0.1) is 0 Å². The summed E-state index contributed by atoms with van der Waals surface area (Å²) >= 11 is 0. The first-order valence-electron chi connectivity index (χ1n) is 7.54. The van der Waals surface area contributed by atoms with Crippen LogP contribution in [0.3, 0.4) is 0 Å². The van der Waals surface area contributed by atoms with E-state index in [1.54, 1.807) is 0 Å². The Hall–Kier alpha value is -1.62. The summed E-state index contributed by atoms with van der Waals surface area (Å²) in [4.78, 5) is 16.3. The zero-order valence-corrected chi connectivity index (χ0v) is 11.7. The second-order valence-corrected chi connectivity index (χ2v) is 5.74. The van der Waals surface area contributed by atoms with Crippen molar-refractivity contribution in [3.8, 4) is 0 Å². The van der Waals surface area contributed by atoms with Gasteiger partial charge in [0, 0.05) is 18.3 Å². The summed E-state index contributed by atoms with van der Waals surface area (Å²) in [5.41, 5.74) is 8.35. The highest BCUT2D eigenvalue weighted by atomic mass is 16.1.